The molecule has 158 valence electrons. The van der Waals surface area contributed by atoms with Crippen molar-refractivity contribution in [2.45, 2.75) is 31.8 Å². The van der Waals surface area contributed by atoms with Crippen LogP contribution in [0.15, 0.2) is 59.5 Å². The molecular formula is C23H23N5O3. The van der Waals surface area contributed by atoms with E-state index in [1.54, 1.807) is 11.8 Å². The zero-order chi connectivity index (χ0) is 21.2. The van der Waals surface area contributed by atoms with Gasteiger partial charge in [0.1, 0.15) is 5.39 Å². The maximum atomic E-state index is 12.6. The highest BCUT2D eigenvalue weighted by molar-refractivity contribution is 5.77. The Morgan fingerprint density at radius 3 is 2.68 bits per heavy atom. The lowest BCUT2D eigenvalue weighted by molar-refractivity contribution is 0.201. The number of aromatic amines is 1. The van der Waals surface area contributed by atoms with E-state index in [2.05, 4.69) is 20.4 Å². The second kappa shape index (κ2) is 8.14. The molecule has 2 heterocycles. The fraction of sp³-hybridized carbons (Fsp3) is 0.261. The summed E-state index contributed by atoms with van der Waals surface area (Å²) in [5, 5.41) is 7.94. The molecule has 2 N–H and O–H groups in total. The van der Waals surface area contributed by atoms with Crippen LogP contribution in [-0.2, 0) is 0 Å². The van der Waals surface area contributed by atoms with Crippen LogP contribution in [0.25, 0.3) is 16.7 Å². The number of methoxy groups -OCH3 is 1. The third kappa shape index (κ3) is 3.84. The van der Waals surface area contributed by atoms with Crippen LogP contribution >= 0.6 is 0 Å². The third-order valence-corrected chi connectivity index (χ3v) is 5.46. The highest BCUT2D eigenvalue weighted by Crippen LogP contribution is 2.34. The van der Waals surface area contributed by atoms with Crippen LogP contribution in [0.4, 0.5) is 11.6 Å². The molecule has 1 saturated carbocycles. The molecule has 2 aromatic carbocycles. The number of para-hydroxylation sites is 1. The fourth-order valence-corrected chi connectivity index (χ4v) is 3.90. The van der Waals surface area contributed by atoms with Gasteiger partial charge in [0.25, 0.3) is 5.56 Å². The number of nitrogens with zero attached hydrogens (tertiary/aromatic N) is 3. The van der Waals surface area contributed by atoms with Crippen molar-refractivity contribution in [1.29, 1.82) is 0 Å². The Hall–Kier alpha value is -3.81. The third-order valence-electron chi connectivity index (χ3n) is 5.46. The molecule has 0 amide bonds. The van der Waals surface area contributed by atoms with Crippen LogP contribution in [0.3, 0.4) is 0 Å². The summed E-state index contributed by atoms with van der Waals surface area (Å²) in [5.74, 6) is 1.68. The summed E-state index contributed by atoms with van der Waals surface area (Å²) in [6, 6.07) is 15.2. The maximum Gasteiger partial charge on any atom is 0.263 e. The second-order valence-electron chi connectivity index (χ2n) is 7.56. The quantitative estimate of drug-likeness (QED) is 0.489. The lowest BCUT2D eigenvalue weighted by Gasteiger charge is -2.17. The monoisotopic (exact) mass is 417 g/mol. The first kappa shape index (κ1) is 19.2. The number of hydrogen-bond acceptors (Lipinski definition) is 6. The molecule has 8 heteroatoms. The van der Waals surface area contributed by atoms with E-state index >= 15 is 0 Å². The number of nitrogens with one attached hydrogen (secondary N) is 2. The van der Waals surface area contributed by atoms with Crippen LogP contribution in [0.5, 0.6) is 11.5 Å². The van der Waals surface area contributed by atoms with Gasteiger partial charge in [0.05, 0.1) is 25.1 Å². The molecule has 0 spiro atoms. The van der Waals surface area contributed by atoms with Gasteiger partial charge in [-0.15, -0.1) is 0 Å². The molecule has 0 unspecified atom stereocenters. The fourth-order valence-electron chi connectivity index (χ4n) is 3.90. The number of hydrogen-bond donors (Lipinski definition) is 2. The van der Waals surface area contributed by atoms with Gasteiger partial charge in [0.15, 0.2) is 17.1 Å². The number of fused-ring (bicyclic) bond motifs is 1. The van der Waals surface area contributed by atoms with Crippen LogP contribution in [0.2, 0.25) is 0 Å². The summed E-state index contributed by atoms with van der Waals surface area (Å²) in [6.45, 7) is 0. The second-order valence-corrected chi connectivity index (χ2v) is 7.56. The summed E-state index contributed by atoms with van der Waals surface area (Å²) in [7, 11) is 1.63. The average molecular weight is 417 g/mol. The van der Waals surface area contributed by atoms with Crippen LogP contribution < -0.4 is 20.3 Å². The molecule has 8 nitrogen and oxygen atoms in total. The first-order chi connectivity index (χ1) is 15.2. The van der Waals surface area contributed by atoms with E-state index in [9.17, 15) is 4.79 Å². The maximum absolute atomic E-state index is 12.6. The van der Waals surface area contributed by atoms with Crippen molar-refractivity contribution in [3.8, 4) is 17.2 Å². The molecule has 2 aromatic heterocycles. The van der Waals surface area contributed by atoms with Gasteiger partial charge >= 0.3 is 0 Å². The largest absolute Gasteiger partial charge is 0.493 e. The minimum Gasteiger partial charge on any atom is -0.493 e. The Labute approximate surface area is 178 Å². The van der Waals surface area contributed by atoms with E-state index in [4.69, 9.17) is 9.47 Å². The summed E-state index contributed by atoms with van der Waals surface area (Å²) >= 11 is 0. The van der Waals surface area contributed by atoms with Crippen LogP contribution in [0.1, 0.15) is 25.7 Å². The van der Waals surface area contributed by atoms with E-state index < -0.39 is 0 Å². The molecule has 0 aliphatic heterocycles. The smallest absolute Gasteiger partial charge is 0.263 e. The molecule has 0 atom stereocenters. The van der Waals surface area contributed by atoms with E-state index in [1.807, 2.05) is 48.5 Å². The highest BCUT2D eigenvalue weighted by atomic mass is 16.5. The highest BCUT2D eigenvalue weighted by Gasteiger charge is 2.19. The van der Waals surface area contributed by atoms with E-state index in [-0.39, 0.29) is 11.7 Å². The van der Waals surface area contributed by atoms with E-state index in [1.165, 1.54) is 19.0 Å². The van der Waals surface area contributed by atoms with Crippen molar-refractivity contribution in [3.05, 3.63) is 65.1 Å². The van der Waals surface area contributed by atoms with Crippen molar-refractivity contribution in [2.24, 2.45) is 0 Å². The van der Waals surface area contributed by atoms with Crippen molar-refractivity contribution in [2.75, 3.05) is 12.4 Å². The van der Waals surface area contributed by atoms with Gasteiger partial charge in [-0.25, -0.2) is 4.68 Å². The molecule has 4 aromatic rings. The van der Waals surface area contributed by atoms with Gasteiger partial charge in [0.2, 0.25) is 5.95 Å². The molecule has 5 rings (SSSR count). The Balaban J connectivity index is 1.48. The number of rotatable bonds is 6. The average Bonchev–Trinajstić information content (AvgIpc) is 3.45. The molecule has 1 fully saturated rings. The lowest BCUT2D eigenvalue weighted by atomic mass is 10.2. The summed E-state index contributed by atoms with van der Waals surface area (Å²) in [6.07, 6.45) is 6.21. The molecule has 1 aliphatic rings. The zero-order valence-electron chi connectivity index (χ0n) is 17.2. The minimum atomic E-state index is -0.259. The zero-order valence-corrected chi connectivity index (χ0v) is 17.2. The number of aromatic nitrogens is 4. The number of anilines is 2. The van der Waals surface area contributed by atoms with Gasteiger partial charge in [-0.2, -0.15) is 10.1 Å². The molecule has 0 radical (unpaired) electrons. The Bertz CT molecular complexity index is 1260. The lowest BCUT2D eigenvalue weighted by Crippen LogP contribution is -2.13. The van der Waals surface area contributed by atoms with Crippen LogP contribution in [-0.4, -0.2) is 33.0 Å². The molecule has 1 aliphatic carbocycles. The molecule has 0 saturated heterocycles. The Morgan fingerprint density at radius 2 is 1.90 bits per heavy atom. The van der Waals surface area contributed by atoms with Gasteiger partial charge in [0, 0.05) is 11.8 Å². The molecule has 0 bridgehead atoms. The summed E-state index contributed by atoms with van der Waals surface area (Å²) in [4.78, 5) is 20.0. The predicted octanol–water partition coefficient (Wildman–Crippen LogP) is 4.18. The van der Waals surface area contributed by atoms with E-state index in [0.29, 0.717) is 28.5 Å². The Morgan fingerprint density at radius 1 is 1.10 bits per heavy atom. The first-order valence-electron chi connectivity index (χ1n) is 10.4. The van der Waals surface area contributed by atoms with Gasteiger partial charge in [-0.1, -0.05) is 18.2 Å². The van der Waals surface area contributed by atoms with E-state index in [0.717, 1.165) is 24.2 Å². The number of H-pyrrole nitrogens is 1. The van der Waals surface area contributed by atoms with Crippen molar-refractivity contribution < 1.29 is 9.47 Å². The molecular weight excluding hydrogens is 394 g/mol. The standard InChI is InChI=1S/C23H23N5O3/c1-30-19-12-11-15(13-20(19)31-17-9-5-6-10-17)25-23-26-21-18(22(29)27-23)14-24-28(21)16-7-3-2-4-8-16/h2-4,7-8,11-14,17H,5-6,9-10H2,1H3,(H2,25,26,27,29). The summed E-state index contributed by atoms with van der Waals surface area (Å²) in [5.41, 5.74) is 1.79. The molecule has 31 heavy (non-hydrogen) atoms. The van der Waals surface area contributed by atoms with Gasteiger partial charge in [-0.3, -0.25) is 9.78 Å². The van der Waals surface area contributed by atoms with Gasteiger partial charge in [-0.05, 0) is 49.9 Å². The van der Waals surface area contributed by atoms with Crippen molar-refractivity contribution in [1.82, 2.24) is 19.7 Å². The normalized spacial score (nSPS) is 14.1. The van der Waals surface area contributed by atoms with Crippen molar-refractivity contribution in [3.63, 3.8) is 0 Å². The van der Waals surface area contributed by atoms with Crippen LogP contribution in [0, 0.1) is 0 Å². The van der Waals surface area contributed by atoms with Crippen molar-refractivity contribution >= 4 is 22.7 Å². The Kier molecular flexibility index (Phi) is 5.03. The number of benzene rings is 2. The number of ether oxygens (including phenoxy) is 2. The predicted molar refractivity (Wildman–Crippen MR) is 119 cm³/mol. The first-order valence-corrected chi connectivity index (χ1v) is 10.4. The SMILES string of the molecule is COc1ccc(Nc2nc3c(cnn3-c3ccccc3)c(=O)[nH]2)cc1OC1CCCC1. The summed E-state index contributed by atoms with van der Waals surface area (Å²) < 4.78 is 13.3. The topological polar surface area (TPSA) is 94.1 Å². The van der Waals surface area contributed by atoms with Gasteiger partial charge < -0.3 is 14.8 Å². The minimum absolute atomic E-state index is 0.207.